The zero-order valence-electron chi connectivity index (χ0n) is 12.1. The van der Waals surface area contributed by atoms with Crippen molar-refractivity contribution in [3.63, 3.8) is 0 Å². The average Bonchev–Trinajstić information content (AvgIpc) is 2.83. The van der Waals surface area contributed by atoms with Crippen LogP contribution in [0.15, 0.2) is 0 Å². The molecule has 1 saturated carbocycles. The normalized spacial score (nSPS) is 29.5. The van der Waals surface area contributed by atoms with E-state index >= 15 is 0 Å². The SMILES string of the molecule is CCOC(=O)[C@H]1[C@@H]2CC[C@@H]1N(C(=O)OC(C)(C)C)C2. The second kappa shape index (κ2) is 5.02. The predicted molar refractivity (Wildman–Crippen MR) is 69.6 cm³/mol. The molecule has 3 atom stereocenters. The largest absolute Gasteiger partial charge is 0.466 e. The Morgan fingerprint density at radius 1 is 1.26 bits per heavy atom. The molecule has 1 aliphatic carbocycles. The van der Waals surface area contributed by atoms with Crippen LogP contribution in [0.3, 0.4) is 0 Å². The molecular weight excluding hydrogens is 246 g/mol. The van der Waals surface area contributed by atoms with Gasteiger partial charge in [0.2, 0.25) is 0 Å². The summed E-state index contributed by atoms with van der Waals surface area (Å²) in [5.41, 5.74) is -0.502. The fourth-order valence-electron chi connectivity index (χ4n) is 3.12. The van der Waals surface area contributed by atoms with Crippen molar-refractivity contribution in [2.24, 2.45) is 11.8 Å². The first-order valence-corrected chi connectivity index (χ1v) is 6.99. The standard InChI is InChI=1S/C14H23NO4/c1-5-18-12(16)11-9-6-7-10(11)15(8-9)13(17)19-14(2,3)4/h9-11H,5-8H2,1-4H3/t9-,10+,11+/m1/s1. The highest BCUT2D eigenvalue weighted by atomic mass is 16.6. The summed E-state index contributed by atoms with van der Waals surface area (Å²) in [5, 5.41) is 0. The number of fused-ring (bicyclic) bond motifs is 2. The van der Waals surface area contributed by atoms with Gasteiger partial charge in [-0.25, -0.2) is 4.79 Å². The number of esters is 1. The summed E-state index contributed by atoms with van der Waals surface area (Å²) in [6, 6.07) is -0.0427. The van der Waals surface area contributed by atoms with Crippen LogP contribution in [-0.4, -0.2) is 41.8 Å². The van der Waals surface area contributed by atoms with Crippen molar-refractivity contribution in [3.05, 3.63) is 0 Å². The highest BCUT2D eigenvalue weighted by Gasteiger charge is 2.53. The predicted octanol–water partition coefficient (Wildman–Crippen LogP) is 2.20. The Hall–Kier alpha value is -1.26. The first-order chi connectivity index (χ1) is 8.83. The van der Waals surface area contributed by atoms with Gasteiger partial charge in [-0.2, -0.15) is 0 Å². The first kappa shape index (κ1) is 14.2. The molecule has 0 aromatic heterocycles. The number of carbonyl (C=O) groups excluding carboxylic acids is 2. The number of ether oxygens (including phenoxy) is 2. The summed E-state index contributed by atoms with van der Waals surface area (Å²) in [6.07, 6.45) is 1.55. The highest BCUT2D eigenvalue weighted by molar-refractivity contribution is 5.77. The van der Waals surface area contributed by atoms with Crippen molar-refractivity contribution in [1.82, 2.24) is 4.90 Å². The van der Waals surface area contributed by atoms with Crippen LogP contribution >= 0.6 is 0 Å². The molecule has 1 saturated heterocycles. The highest BCUT2D eigenvalue weighted by Crippen LogP contribution is 2.43. The molecule has 0 aromatic carbocycles. The van der Waals surface area contributed by atoms with Gasteiger partial charge >= 0.3 is 12.1 Å². The second-order valence-corrected chi connectivity index (χ2v) is 6.32. The zero-order valence-corrected chi connectivity index (χ0v) is 12.1. The summed E-state index contributed by atoms with van der Waals surface area (Å²) in [6.45, 7) is 8.36. The van der Waals surface area contributed by atoms with Crippen LogP contribution in [0.4, 0.5) is 4.79 Å². The smallest absolute Gasteiger partial charge is 0.410 e. The molecule has 2 bridgehead atoms. The van der Waals surface area contributed by atoms with Crippen molar-refractivity contribution in [2.75, 3.05) is 13.2 Å². The summed E-state index contributed by atoms with van der Waals surface area (Å²) in [5.74, 6) is -0.0925. The van der Waals surface area contributed by atoms with Crippen LogP contribution in [0.2, 0.25) is 0 Å². The van der Waals surface area contributed by atoms with E-state index in [-0.39, 0.29) is 29.9 Å². The number of hydrogen-bond acceptors (Lipinski definition) is 4. The molecule has 1 aliphatic heterocycles. The average molecular weight is 269 g/mol. The molecule has 0 spiro atoms. The molecular formula is C14H23NO4. The van der Waals surface area contributed by atoms with E-state index < -0.39 is 5.60 Å². The number of carbonyl (C=O) groups is 2. The van der Waals surface area contributed by atoms with Gasteiger partial charge in [-0.05, 0) is 46.5 Å². The van der Waals surface area contributed by atoms with E-state index in [1.165, 1.54) is 0 Å². The molecule has 2 fully saturated rings. The third kappa shape index (κ3) is 2.85. The Labute approximate surface area is 114 Å². The molecule has 0 radical (unpaired) electrons. The molecule has 0 aromatic rings. The van der Waals surface area contributed by atoms with Gasteiger partial charge in [-0.3, -0.25) is 4.79 Å². The summed E-state index contributed by atoms with van der Waals surface area (Å²) in [4.78, 5) is 25.8. The Kier molecular flexibility index (Phi) is 3.74. The Bertz CT molecular complexity index is 374. The summed E-state index contributed by atoms with van der Waals surface area (Å²) >= 11 is 0. The maximum atomic E-state index is 12.1. The van der Waals surface area contributed by atoms with Crippen LogP contribution in [0, 0.1) is 11.8 Å². The third-order valence-corrected chi connectivity index (χ3v) is 3.77. The number of likely N-dealkylation sites (tertiary alicyclic amines) is 1. The molecule has 5 heteroatoms. The van der Waals surface area contributed by atoms with Gasteiger partial charge in [0.1, 0.15) is 5.60 Å². The molecule has 1 amide bonds. The minimum atomic E-state index is -0.502. The lowest BCUT2D eigenvalue weighted by Crippen LogP contribution is -2.42. The minimum absolute atomic E-state index is 0.0427. The number of amides is 1. The maximum absolute atomic E-state index is 12.1. The van der Waals surface area contributed by atoms with Crippen LogP contribution < -0.4 is 0 Å². The van der Waals surface area contributed by atoms with Crippen molar-refractivity contribution in [3.8, 4) is 0 Å². The lowest BCUT2D eigenvalue weighted by Gasteiger charge is -2.30. The van der Waals surface area contributed by atoms with Crippen LogP contribution in [-0.2, 0) is 14.3 Å². The van der Waals surface area contributed by atoms with Crippen LogP contribution in [0.1, 0.15) is 40.5 Å². The molecule has 1 heterocycles. The lowest BCUT2D eigenvalue weighted by molar-refractivity contribution is -0.149. The van der Waals surface area contributed by atoms with Gasteiger partial charge < -0.3 is 14.4 Å². The zero-order chi connectivity index (χ0) is 14.2. The molecule has 2 rings (SSSR count). The lowest BCUT2D eigenvalue weighted by atomic mass is 9.99. The minimum Gasteiger partial charge on any atom is -0.466 e. The molecule has 0 unspecified atom stereocenters. The third-order valence-electron chi connectivity index (χ3n) is 3.77. The van der Waals surface area contributed by atoms with E-state index in [4.69, 9.17) is 9.47 Å². The number of hydrogen-bond donors (Lipinski definition) is 0. The van der Waals surface area contributed by atoms with Crippen molar-refractivity contribution < 1.29 is 19.1 Å². The Morgan fingerprint density at radius 3 is 2.53 bits per heavy atom. The maximum Gasteiger partial charge on any atom is 0.410 e. The monoisotopic (exact) mass is 269 g/mol. The van der Waals surface area contributed by atoms with Crippen molar-refractivity contribution in [2.45, 2.75) is 52.2 Å². The van der Waals surface area contributed by atoms with Gasteiger partial charge in [-0.15, -0.1) is 0 Å². The quantitative estimate of drug-likeness (QED) is 0.721. The number of piperidine rings is 1. The fourth-order valence-corrected chi connectivity index (χ4v) is 3.12. The fraction of sp³-hybridized carbons (Fsp3) is 0.857. The first-order valence-electron chi connectivity index (χ1n) is 6.99. The molecule has 0 N–H and O–H groups in total. The Morgan fingerprint density at radius 2 is 1.95 bits per heavy atom. The van der Waals surface area contributed by atoms with Gasteiger partial charge in [-0.1, -0.05) is 0 Å². The van der Waals surface area contributed by atoms with Crippen LogP contribution in [0.5, 0.6) is 0 Å². The Balaban J connectivity index is 2.03. The van der Waals surface area contributed by atoms with E-state index in [9.17, 15) is 9.59 Å². The topological polar surface area (TPSA) is 55.8 Å². The molecule has 2 aliphatic rings. The van der Waals surface area contributed by atoms with Gasteiger partial charge in [0.25, 0.3) is 0 Å². The summed E-state index contributed by atoms with van der Waals surface area (Å²) < 4.78 is 10.5. The van der Waals surface area contributed by atoms with E-state index in [2.05, 4.69) is 0 Å². The van der Waals surface area contributed by atoms with Crippen molar-refractivity contribution in [1.29, 1.82) is 0 Å². The van der Waals surface area contributed by atoms with Gasteiger partial charge in [0.05, 0.1) is 12.5 Å². The van der Waals surface area contributed by atoms with Crippen LogP contribution in [0.25, 0.3) is 0 Å². The van der Waals surface area contributed by atoms with Gasteiger partial charge in [0.15, 0.2) is 0 Å². The van der Waals surface area contributed by atoms with E-state index in [0.717, 1.165) is 12.8 Å². The molecule has 108 valence electrons. The van der Waals surface area contributed by atoms with Gasteiger partial charge in [0, 0.05) is 12.6 Å². The number of nitrogens with zero attached hydrogens (tertiary/aromatic N) is 1. The van der Waals surface area contributed by atoms with E-state index in [0.29, 0.717) is 13.2 Å². The molecule has 19 heavy (non-hydrogen) atoms. The molecule has 5 nitrogen and oxygen atoms in total. The van der Waals surface area contributed by atoms with E-state index in [1.807, 2.05) is 20.8 Å². The van der Waals surface area contributed by atoms with E-state index in [1.54, 1.807) is 11.8 Å². The summed E-state index contributed by atoms with van der Waals surface area (Å²) in [7, 11) is 0. The number of rotatable bonds is 2. The second-order valence-electron chi connectivity index (χ2n) is 6.32. The van der Waals surface area contributed by atoms with Crippen molar-refractivity contribution >= 4 is 12.1 Å².